The summed E-state index contributed by atoms with van der Waals surface area (Å²) >= 11 is 5.27. The van der Waals surface area contributed by atoms with E-state index >= 15 is 0 Å². The van der Waals surface area contributed by atoms with Gasteiger partial charge in [-0.2, -0.15) is 18.3 Å². The molecule has 0 amide bonds. The Kier molecular flexibility index (Phi) is 26.6. The van der Waals surface area contributed by atoms with Gasteiger partial charge in [-0.25, -0.2) is 4.98 Å². The van der Waals surface area contributed by atoms with E-state index in [1.165, 1.54) is 36.2 Å². The molecule has 0 bridgehead atoms. The molecule has 0 aromatic carbocycles. The number of rotatable bonds is 22. The van der Waals surface area contributed by atoms with Gasteiger partial charge in [-0.1, -0.05) is 59.2 Å². The fourth-order valence-electron chi connectivity index (χ4n) is 6.20. The first-order chi connectivity index (χ1) is 32.8. The van der Waals surface area contributed by atoms with Crippen molar-refractivity contribution >= 4 is 77.8 Å². The van der Waals surface area contributed by atoms with Gasteiger partial charge >= 0.3 is 25.7 Å². The van der Waals surface area contributed by atoms with E-state index in [0.29, 0.717) is 84.8 Å². The Morgan fingerprint density at radius 1 is 0.739 bits per heavy atom. The van der Waals surface area contributed by atoms with Crippen molar-refractivity contribution in [2.75, 3.05) is 0 Å². The molecule has 19 heteroatoms. The van der Waals surface area contributed by atoms with Crippen LogP contribution < -0.4 is 0 Å². The molecule has 13 nitrogen and oxygen atoms in total. The predicted octanol–water partition coefficient (Wildman–Crippen LogP) is 13.5. The van der Waals surface area contributed by atoms with E-state index in [1.807, 2.05) is 50.4 Å². The number of isothiocyanates is 1. The molecule has 0 saturated carbocycles. The summed E-state index contributed by atoms with van der Waals surface area (Å²) in [5.41, 5.74) is 12.6. The number of aromatic nitrogens is 4. The van der Waals surface area contributed by atoms with Crippen LogP contribution >= 0.6 is 23.6 Å². The summed E-state index contributed by atoms with van der Waals surface area (Å²) in [7, 11) is 0. The van der Waals surface area contributed by atoms with E-state index in [4.69, 9.17) is 35.7 Å². The number of alkyl halides is 3. The third-order valence-corrected chi connectivity index (χ3v) is 10.5. The smallest absolute Gasteiger partial charge is 0.753 e. The van der Waals surface area contributed by atoms with Gasteiger partial charge in [0.15, 0.2) is 0 Å². The summed E-state index contributed by atoms with van der Waals surface area (Å²) in [5, 5.41) is 17.5. The van der Waals surface area contributed by atoms with E-state index in [0.717, 1.165) is 40.0 Å². The quantitative estimate of drug-likeness (QED) is 0.0131. The molecule has 69 heavy (non-hydrogen) atoms. The summed E-state index contributed by atoms with van der Waals surface area (Å²) < 4.78 is 52.6. The van der Waals surface area contributed by atoms with Crippen molar-refractivity contribution in [2.24, 2.45) is 0 Å². The van der Waals surface area contributed by atoms with Gasteiger partial charge in [-0.15, -0.1) is 17.0 Å². The normalized spacial score (nSPS) is 11.6. The zero-order valence-corrected chi connectivity index (χ0v) is 41.6. The number of nitrogens with one attached hydrogen (secondary N) is 2. The van der Waals surface area contributed by atoms with Crippen LogP contribution in [0.5, 0.6) is 0 Å². The second kappa shape index (κ2) is 31.4. The van der Waals surface area contributed by atoms with Gasteiger partial charge in [-0.3, -0.25) is 34.7 Å². The number of pyridine rings is 4. The van der Waals surface area contributed by atoms with Crippen molar-refractivity contribution in [2.45, 2.75) is 85.2 Å². The van der Waals surface area contributed by atoms with E-state index in [2.05, 4.69) is 40.2 Å². The number of thiophene rings is 1. The molecule has 0 atom stereocenters. The number of unbranched alkanes of at least 4 members (excludes halogenated alkanes) is 3. The molecule has 5 aromatic rings. The van der Waals surface area contributed by atoms with Crippen LogP contribution in [0.2, 0.25) is 0 Å². The summed E-state index contributed by atoms with van der Waals surface area (Å²) in [4.78, 5) is 51.4. The minimum Gasteiger partial charge on any atom is -0.753 e. The van der Waals surface area contributed by atoms with E-state index in [-0.39, 0.29) is 25.2 Å². The molecule has 0 radical (unpaired) electrons. The number of ether oxygens (including phenoxy) is 3. The molecule has 0 aliphatic rings. The van der Waals surface area contributed by atoms with Gasteiger partial charge in [0.25, 0.3) is 19.4 Å². The van der Waals surface area contributed by atoms with Gasteiger partial charge < -0.3 is 25.4 Å². The molecule has 0 saturated heterocycles. The van der Waals surface area contributed by atoms with Crippen molar-refractivity contribution in [1.29, 1.82) is 5.41 Å². The molecule has 5 heterocycles. The summed E-state index contributed by atoms with van der Waals surface area (Å²) in [6.45, 7) is 9.02. The van der Waals surface area contributed by atoms with E-state index in [1.54, 1.807) is 66.2 Å². The maximum atomic E-state index is 12.5. The number of aryl methyl sites for hydroxylation is 1. The van der Waals surface area contributed by atoms with Crippen LogP contribution in [-0.4, -0.2) is 56.4 Å². The van der Waals surface area contributed by atoms with Crippen LogP contribution in [0.1, 0.15) is 101 Å². The van der Waals surface area contributed by atoms with Crippen LogP contribution in [0.15, 0.2) is 102 Å². The molecule has 362 valence electrons. The molecule has 0 aliphatic heterocycles. The summed E-state index contributed by atoms with van der Waals surface area (Å²) in [6.07, 6.45) is 13.0. The first-order valence-electron chi connectivity index (χ1n) is 21.3. The summed E-state index contributed by atoms with van der Waals surface area (Å²) in [6, 6.07) is 16.4. The van der Waals surface area contributed by atoms with Gasteiger partial charge in [0.1, 0.15) is 23.0 Å². The molecule has 0 unspecified atom stereocenters. The van der Waals surface area contributed by atoms with Gasteiger partial charge in [0, 0.05) is 48.4 Å². The molecule has 0 aliphatic carbocycles. The predicted molar refractivity (Wildman–Crippen MR) is 264 cm³/mol. The Morgan fingerprint density at radius 2 is 1.22 bits per heavy atom. The van der Waals surface area contributed by atoms with Crippen LogP contribution in [0.3, 0.4) is 0 Å². The molecule has 0 fully saturated rings. The number of thiocarbonyl (C=S) groups is 1. The fraction of sp³-hybridized carbons (Fsp3) is 0.260. The zero-order valence-electron chi connectivity index (χ0n) is 38.2. The van der Waals surface area contributed by atoms with Crippen molar-refractivity contribution in [1.82, 2.24) is 19.9 Å². The first kappa shape index (κ1) is 58.5. The van der Waals surface area contributed by atoms with E-state index < -0.39 is 17.6 Å². The van der Waals surface area contributed by atoms with Crippen LogP contribution in [0, 0.1) is 5.41 Å². The Balaban J connectivity index is 0.000000472. The molecular weight excluding hydrogens is 1020 g/mol. The van der Waals surface area contributed by atoms with Crippen LogP contribution in [0.4, 0.5) is 13.2 Å². The number of hydrogen-bond acceptors (Lipinski definition) is 13. The first-order valence-corrected chi connectivity index (χ1v) is 22.6. The average Bonchev–Trinajstić information content (AvgIpc) is 3.81. The number of carbonyl (C=O) groups excluding carboxylic acids is 3. The molecule has 0 spiro atoms. The Hall–Kier alpha value is -6.65. The van der Waals surface area contributed by atoms with Crippen molar-refractivity contribution in [3.05, 3.63) is 141 Å². The van der Waals surface area contributed by atoms with Crippen molar-refractivity contribution < 1.29 is 61.2 Å². The number of halogens is 3. The SMILES string of the molecule is CC/C(=C\c1ccnc(-c2cc(/C=C(\CC)OC=O)cc(-c3cc(/C=C(\CC)OC=O)ccn3)n2)c1)OC=O.CCCCCCc1ccsc1-c1ccnc(/C([NH-])=C/C(=N)C(F)(F)F)c1.[N-]=C=S.[Ru+2]. The average molecular weight is 1070 g/mol. The number of allylic oxidation sites excluding steroid dienone is 4. The topological polar surface area (TPSA) is 200 Å². The second-order valence-corrected chi connectivity index (χ2v) is 15.3. The largest absolute Gasteiger partial charge is 2.00 e. The van der Waals surface area contributed by atoms with Gasteiger partial charge in [-0.05, 0) is 125 Å². The third-order valence-electron chi connectivity index (χ3n) is 9.51. The van der Waals surface area contributed by atoms with Crippen LogP contribution in [-0.2, 0) is 54.5 Å². The zero-order chi connectivity index (χ0) is 49.9. The summed E-state index contributed by atoms with van der Waals surface area (Å²) in [5.74, 6) is 1.52. The number of nitrogens with zero attached hydrogens (tertiary/aromatic N) is 5. The fourth-order valence-corrected chi connectivity index (χ4v) is 7.15. The van der Waals surface area contributed by atoms with Crippen LogP contribution in [0.25, 0.3) is 68.3 Å². The number of hydrogen-bond donors (Lipinski definition) is 1. The van der Waals surface area contributed by atoms with Gasteiger partial charge in [0.2, 0.25) is 0 Å². The third kappa shape index (κ3) is 19.8. The number of carbonyl (C=O) groups is 3. The van der Waals surface area contributed by atoms with Crippen molar-refractivity contribution in [3.63, 3.8) is 0 Å². The van der Waals surface area contributed by atoms with Crippen molar-refractivity contribution in [3.8, 4) is 33.2 Å². The Morgan fingerprint density at radius 3 is 1.68 bits per heavy atom. The molecule has 2 N–H and O–H groups in total. The van der Waals surface area contributed by atoms with E-state index in [9.17, 15) is 27.6 Å². The molecular formula is C50H50F3N7O6RuS2. The maximum absolute atomic E-state index is 12.5. The Labute approximate surface area is 421 Å². The van der Waals surface area contributed by atoms with Gasteiger partial charge in [0.05, 0.1) is 22.8 Å². The minimum absolute atomic E-state index is 0. The standard InChI is InChI=1S/C30H29N3O6.C19H21F3N3S.CNS.Ru/c1-4-24(37-18-34)11-21-7-9-31-27(14-21)29-16-23(13-26(6-3)39-20-36)17-30(33-29)28-15-22(8-10-32-28)12-25(5-2)38-19-35;1-2-3-4-5-6-13-8-10-26-18(13)14-7-9-25-16(11-14)15(23)12-17(24)19(20,21)22;2-1-3;/h7-20H,4-6H2,1-3H3;7-12,23-24H,2-6H2,1H3;;/q;2*-1;+2/b24-11+,25-12+,26-13+;15-12-,24-17?;;. The molecule has 5 aromatic heterocycles. The Bertz CT molecular complexity index is 2560. The maximum Gasteiger partial charge on any atom is 2.00 e. The monoisotopic (exact) mass is 1070 g/mol. The minimum atomic E-state index is -4.76. The molecule has 5 rings (SSSR count). The second-order valence-electron chi connectivity index (χ2n) is 14.2.